The third kappa shape index (κ3) is 3.47. The summed E-state index contributed by atoms with van der Waals surface area (Å²) >= 11 is 3.12. The lowest BCUT2D eigenvalue weighted by molar-refractivity contribution is -0.136. The summed E-state index contributed by atoms with van der Waals surface area (Å²) in [5.41, 5.74) is 8.81. The number of hydrogen-bond donors (Lipinski definition) is 2. The molecular formula is C11H10BrN3O4. The highest BCUT2D eigenvalue weighted by Gasteiger charge is 2.12. The summed E-state index contributed by atoms with van der Waals surface area (Å²) in [5.74, 6) is -0.999. The smallest absolute Gasteiger partial charge is 0.340 e. The maximum absolute atomic E-state index is 11.3. The Morgan fingerprint density at radius 1 is 1.63 bits per heavy atom. The van der Waals surface area contributed by atoms with E-state index < -0.39 is 5.97 Å². The second-order valence-electron chi connectivity index (χ2n) is 3.35. The van der Waals surface area contributed by atoms with E-state index in [2.05, 4.69) is 30.7 Å². The number of carbonyl (C=O) groups is 1. The zero-order chi connectivity index (χ0) is 14.4. The second kappa shape index (κ2) is 6.79. The number of hydrogen-bond acceptors (Lipinski definition) is 5. The van der Waals surface area contributed by atoms with E-state index in [1.807, 2.05) is 0 Å². The topological polar surface area (TPSA) is 116 Å². The molecule has 0 saturated carbocycles. The Labute approximate surface area is 116 Å². The number of nitrogens with zero attached hydrogens (tertiary/aromatic N) is 3. The van der Waals surface area contributed by atoms with Crippen LogP contribution in [0.1, 0.15) is 11.1 Å². The first-order valence-electron chi connectivity index (χ1n) is 5.01. The van der Waals surface area contributed by atoms with Crippen molar-refractivity contribution >= 4 is 28.0 Å². The van der Waals surface area contributed by atoms with E-state index in [4.69, 9.17) is 10.6 Å². The fraction of sp³-hybridized carbons (Fsp3) is 0.182. The van der Waals surface area contributed by atoms with Crippen molar-refractivity contribution in [3.8, 4) is 5.75 Å². The highest BCUT2D eigenvalue weighted by Crippen LogP contribution is 2.33. The van der Waals surface area contributed by atoms with Gasteiger partial charge in [0.05, 0.1) is 18.2 Å². The number of aliphatic hydroxyl groups is 1. The maximum atomic E-state index is 11.3. The van der Waals surface area contributed by atoms with Gasteiger partial charge in [0.25, 0.3) is 0 Å². The van der Waals surface area contributed by atoms with Crippen molar-refractivity contribution in [2.75, 3.05) is 7.11 Å². The van der Waals surface area contributed by atoms with Gasteiger partial charge in [0.2, 0.25) is 0 Å². The van der Waals surface area contributed by atoms with Crippen molar-refractivity contribution in [3.05, 3.63) is 43.9 Å². The van der Waals surface area contributed by atoms with Crippen LogP contribution >= 0.6 is 15.9 Å². The molecule has 0 saturated heterocycles. The largest absolute Gasteiger partial charge is 0.506 e. The molecule has 0 spiro atoms. The summed E-state index contributed by atoms with van der Waals surface area (Å²) < 4.78 is 4.75. The summed E-state index contributed by atoms with van der Waals surface area (Å²) in [7, 11) is 1.15. The van der Waals surface area contributed by atoms with E-state index in [1.165, 1.54) is 12.1 Å². The molecular weight excluding hydrogens is 318 g/mol. The predicted octanol–water partition coefficient (Wildman–Crippen LogP) is 2.47. The highest BCUT2D eigenvalue weighted by atomic mass is 79.9. The van der Waals surface area contributed by atoms with Crippen molar-refractivity contribution in [1.29, 1.82) is 0 Å². The number of methoxy groups -OCH3 is 1. The van der Waals surface area contributed by atoms with E-state index in [9.17, 15) is 9.90 Å². The molecule has 100 valence electrons. The number of benzene rings is 1. The zero-order valence-electron chi connectivity index (χ0n) is 9.87. The summed E-state index contributed by atoms with van der Waals surface area (Å²) in [6.07, 6.45) is 1.19. The number of esters is 1. The molecule has 0 aromatic heterocycles. The van der Waals surface area contributed by atoms with Crippen molar-refractivity contribution < 1.29 is 19.7 Å². The Kier molecular flexibility index (Phi) is 5.37. The summed E-state index contributed by atoms with van der Waals surface area (Å²) in [6, 6.07) is 3.03. The standard InChI is InChI=1S/C11H10BrN3O4/c1-19-11(18)8(14-15-13)4-6-2-3-7(5-16)9(12)10(6)17/h2-4,16-17H,5H2,1H3. The third-order valence-electron chi connectivity index (χ3n) is 2.24. The summed E-state index contributed by atoms with van der Waals surface area (Å²) in [5, 5.41) is 22.1. The lowest BCUT2D eigenvalue weighted by atomic mass is 10.1. The quantitative estimate of drug-likeness (QED) is 0.290. The minimum absolute atomic E-state index is 0.180. The molecule has 0 fully saturated rings. The Balaban J connectivity index is 3.33. The molecule has 0 atom stereocenters. The van der Waals surface area contributed by atoms with Crippen LogP contribution in [0.2, 0.25) is 0 Å². The molecule has 2 N–H and O–H groups in total. The number of aromatic hydroxyl groups is 1. The van der Waals surface area contributed by atoms with Gasteiger partial charge in [0.15, 0.2) is 0 Å². The number of phenols is 1. The van der Waals surface area contributed by atoms with Gasteiger partial charge < -0.3 is 14.9 Å². The molecule has 0 aliphatic rings. The van der Waals surface area contributed by atoms with Crippen LogP contribution in [0.15, 0.2) is 27.4 Å². The zero-order valence-corrected chi connectivity index (χ0v) is 11.5. The normalized spacial score (nSPS) is 10.8. The van der Waals surface area contributed by atoms with Crippen LogP contribution in [-0.4, -0.2) is 23.3 Å². The van der Waals surface area contributed by atoms with Gasteiger partial charge in [-0.05, 0) is 33.1 Å². The van der Waals surface area contributed by atoms with Gasteiger partial charge in [-0.15, -0.1) is 0 Å². The number of ether oxygens (including phenoxy) is 1. The molecule has 0 aliphatic heterocycles. The van der Waals surface area contributed by atoms with E-state index in [1.54, 1.807) is 6.07 Å². The first-order chi connectivity index (χ1) is 9.04. The Hall–Kier alpha value is -2.02. The molecule has 19 heavy (non-hydrogen) atoms. The van der Waals surface area contributed by atoms with Crippen LogP contribution in [0.3, 0.4) is 0 Å². The molecule has 0 unspecified atom stereocenters. The Morgan fingerprint density at radius 2 is 2.32 bits per heavy atom. The van der Waals surface area contributed by atoms with E-state index in [0.717, 1.165) is 7.11 Å². The number of phenolic OH excluding ortho intramolecular Hbond substituents is 1. The first kappa shape index (κ1) is 15.0. The predicted molar refractivity (Wildman–Crippen MR) is 70.9 cm³/mol. The van der Waals surface area contributed by atoms with E-state index in [-0.39, 0.29) is 23.6 Å². The third-order valence-corrected chi connectivity index (χ3v) is 3.12. The second-order valence-corrected chi connectivity index (χ2v) is 4.14. The van der Waals surface area contributed by atoms with E-state index >= 15 is 0 Å². The average molecular weight is 328 g/mol. The molecule has 0 aliphatic carbocycles. The van der Waals surface area contributed by atoms with Crippen LogP contribution in [0.4, 0.5) is 0 Å². The van der Waals surface area contributed by atoms with Crippen LogP contribution < -0.4 is 0 Å². The highest BCUT2D eigenvalue weighted by molar-refractivity contribution is 9.10. The van der Waals surface area contributed by atoms with Gasteiger partial charge in [-0.25, -0.2) is 4.79 Å². The summed E-state index contributed by atoms with van der Waals surface area (Å²) in [6.45, 7) is -0.252. The van der Waals surface area contributed by atoms with Gasteiger partial charge in [0, 0.05) is 10.5 Å². The number of rotatable bonds is 4. The fourth-order valence-electron chi connectivity index (χ4n) is 1.29. The monoisotopic (exact) mass is 327 g/mol. The van der Waals surface area contributed by atoms with Crippen molar-refractivity contribution in [2.24, 2.45) is 5.11 Å². The Morgan fingerprint density at radius 3 is 2.84 bits per heavy atom. The number of halogens is 1. The maximum Gasteiger partial charge on any atom is 0.340 e. The molecule has 1 rings (SSSR count). The van der Waals surface area contributed by atoms with Crippen LogP contribution in [0, 0.1) is 0 Å². The van der Waals surface area contributed by atoms with Crippen molar-refractivity contribution in [3.63, 3.8) is 0 Å². The molecule has 0 radical (unpaired) electrons. The van der Waals surface area contributed by atoms with Gasteiger partial charge >= 0.3 is 5.97 Å². The van der Waals surface area contributed by atoms with Crippen LogP contribution in [-0.2, 0) is 16.1 Å². The lowest BCUT2D eigenvalue weighted by Crippen LogP contribution is -2.02. The molecule has 0 heterocycles. The fourth-order valence-corrected chi connectivity index (χ4v) is 1.77. The van der Waals surface area contributed by atoms with Gasteiger partial charge in [-0.3, -0.25) is 0 Å². The Bertz CT molecular complexity index is 580. The molecule has 1 aromatic carbocycles. The van der Waals surface area contributed by atoms with Crippen LogP contribution in [0.25, 0.3) is 16.5 Å². The summed E-state index contributed by atoms with van der Waals surface area (Å²) in [4.78, 5) is 13.8. The van der Waals surface area contributed by atoms with Crippen molar-refractivity contribution in [2.45, 2.75) is 6.61 Å². The minimum atomic E-state index is -0.820. The van der Waals surface area contributed by atoms with Gasteiger partial charge in [-0.1, -0.05) is 17.2 Å². The minimum Gasteiger partial charge on any atom is -0.506 e. The number of azide groups is 1. The number of aliphatic hydroxyl groups excluding tert-OH is 1. The molecule has 0 bridgehead atoms. The van der Waals surface area contributed by atoms with E-state index in [0.29, 0.717) is 10.0 Å². The van der Waals surface area contributed by atoms with Gasteiger partial charge in [-0.2, -0.15) is 0 Å². The molecule has 0 amide bonds. The molecule has 1 aromatic rings. The number of carbonyl (C=O) groups excluding carboxylic acids is 1. The molecule has 8 heteroatoms. The van der Waals surface area contributed by atoms with Crippen LogP contribution in [0.5, 0.6) is 5.75 Å². The average Bonchev–Trinajstić information content (AvgIpc) is 2.42. The van der Waals surface area contributed by atoms with Gasteiger partial charge in [0.1, 0.15) is 11.4 Å². The van der Waals surface area contributed by atoms with Crippen molar-refractivity contribution in [1.82, 2.24) is 0 Å². The first-order valence-corrected chi connectivity index (χ1v) is 5.80. The molecule has 7 nitrogen and oxygen atoms in total. The lowest BCUT2D eigenvalue weighted by Gasteiger charge is -2.07. The SMILES string of the molecule is COC(=O)C(=Cc1ccc(CO)c(Br)c1O)N=[N+]=[N-].